The first-order valence-electron chi connectivity index (χ1n) is 7.65. The molecule has 0 aromatic rings. The van der Waals surface area contributed by atoms with Crippen molar-refractivity contribution in [3.63, 3.8) is 0 Å². The zero-order chi connectivity index (χ0) is 15.8. The molecule has 0 bridgehead atoms. The van der Waals surface area contributed by atoms with E-state index in [4.69, 9.17) is 0 Å². The number of hydrogen-bond donors (Lipinski definition) is 1. The number of carbonyl (C=O) groups excluding carboxylic acids is 2. The Morgan fingerprint density at radius 1 is 1.24 bits per heavy atom. The van der Waals surface area contributed by atoms with Gasteiger partial charge in [-0.2, -0.15) is 0 Å². The number of carbonyl (C=O) groups is 2. The lowest BCUT2D eigenvalue weighted by Crippen LogP contribution is -2.71. The van der Waals surface area contributed by atoms with Crippen molar-refractivity contribution in [2.45, 2.75) is 64.1 Å². The molecule has 21 heavy (non-hydrogen) atoms. The Morgan fingerprint density at radius 2 is 1.86 bits per heavy atom. The largest absolute Gasteiger partial charge is 0.340 e. The summed E-state index contributed by atoms with van der Waals surface area (Å²) in [7, 11) is -3.09. The summed E-state index contributed by atoms with van der Waals surface area (Å²) in [6.45, 7) is 5.59. The lowest BCUT2D eigenvalue weighted by molar-refractivity contribution is -0.158. The molecule has 2 rings (SSSR count). The number of hydrogen-bond acceptors (Lipinski definition) is 4. The molecule has 0 aliphatic carbocycles. The van der Waals surface area contributed by atoms with Crippen LogP contribution in [0.4, 0.5) is 0 Å². The molecule has 2 fully saturated rings. The Balaban J connectivity index is 2.38. The third-order valence-electron chi connectivity index (χ3n) is 4.84. The van der Waals surface area contributed by atoms with Gasteiger partial charge in [-0.15, -0.1) is 0 Å². The Hall–Kier alpha value is -1.11. The summed E-state index contributed by atoms with van der Waals surface area (Å²) in [5.74, 6) is -0.206. The van der Waals surface area contributed by atoms with Gasteiger partial charge >= 0.3 is 0 Å². The average Bonchev–Trinajstić information content (AvgIpc) is 2.80. The summed E-state index contributed by atoms with van der Waals surface area (Å²) in [6, 6.07) is -0.919. The van der Waals surface area contributed by atoms with Gasteiger partial charge in [0.25, 0.3) is 0 Å². The van der Waals surface area contributed by atoms with Crippen LogP contribution in [0, 0.1) is 0 Å². The van der Waals surface area contributed by atoms with Crippen LogP contribution in [0.5, 0.6) is 0 Å². The van der Waals surface area contributed by atoms with Gasteiger partial charge in [0, 0.05) is 6.04 Å². The van der Waals surface area contributed by atoms with Gasteiger partial charge < -0.3 is 10.2 Å². The Kier molecular flexibility index (Phi) is 4.33. The summed E-state index contributed by atoms with van der Waals surface area (Å²) in [6.07, 6.45) is 1.96. The second kappa shape index (κ2) is 5.59. The minimum atomic E-state index is -3.09. The molecular weight excluding hydrogens is 292 g/mol. The molecule has 0 saturated carbocycles. The molecule has 120 valence electrons. The van der Waals surface area contributed by atoms with Crippen LogP contribution in [-0.2, 0) is 19.4 Å². The van der Waals surface area contributed by atoms with Crippen LogP contribution in [0.15, 0.2) is 0 Å². The van der Waals surface area contributed by atoms with Gasteiger partial charge in [-0.05, 0) is 25.7 Å². The van der Waals surface area contributed by atoms with Crippen LogP contribution >= 0.6 is 0 Å². The van der Waals surface area contributed by atoms with Crippen LogP contribution in [0.1, 0.15) is 46.5 Å². The number of nitrogens with one attached hydrogen (secondary N) is 1. The summed E-state index contributed by atoms with van der Waals surface area (Å²) in [5.41, 5.74) is -0.880. The first-order chi connectivity index (χ1) is 9.80. The minimum absolute atomic E-state index is 0.0218. The summed E-state index contributed by atoms with van der Waals surface area (Å²) in [4.78, 5) is 26.9. The van der Waals surface area contributed by atoms with Crippen LogP contribution < -0.4 is 5.32 Å². The molecule has 2 aliphatic rings. The predicted molar refractivity (Wildman–Crippen MR) is 79.4 cm³/mol. The monoisotopic (exact) mass is 316 g/mol. The van der Waals surface area contributed by atoms with Crippen molar-refractivity contribution in [1.82, 2.24) is 10.2 Å². The first kappa shape index (κ1) is 16.3. The molecular formula is C14H24N2O4S. The van der Waals surface area contributed by atoms with E-state index in [1.807, 2.05) is 20.8 Å². The molecule has 0 spiro atoms. The molecule has 0 radical (unpaired) electrons. The molecule has 2 unspecified atom stereocenters. The average molecular weight is 316 g/mol. The Labute approximate surface area is 126 Å². The van der Waals surface area contributed by atoms with E-state index in [1.54, 1.807) is 4.90 Å². The van der Waals surface area contributed by atoms with E-state index in [1.165, 1.54) is 0 Å². The molecule has 7 heteroatoms. The topological polar surface area (TPSA) is 83.6 Å². The van der Waals surface area contributed by atoms with E-state index >= 15 is 0 Å². The van der Waals surface area contributed by atoms with E-state index in [-0.39, 0.29) is 29.4 Å². The van der Waals surface area contributed by atoms with Crippen molar-refractivity contribution in [3.8, 4) is 0 Å². The number of rotatable bonds is 4. The van der Waals surface area contributed by atoms with Crippen LogP contribution in [0.3, 0.4) is 0 Å². The van der Waals surface area contributed by atoms with E-state index in [9.17, 15) is 18.0 Å². The van der Waals surface area contributed by atoms with Crippen LogP contribution in [0.25, 0.3) is 0 Å². The lowest BCUT2D eigenvalue weighted by atomic mass is 9.85. The lowest BCUT2D eigenvalue weighted by Gasteiger charge is -2.47. The number of amides is 2. The van der Waals surface area contributed by atoms with Crippen molar-refractivity contribution >= 4 is 21.7 Å². The van der Waals surface area contributed by atoms with Gasteiger partial charge in [0.15, 0.2) is 9.84 Å². The van der Waals surface area contributed by atoms with Crippen LogP contribution in [0.2, 0.25) is 0 Å². The maximum absolute atomic E-state index is 12.9. The van der Waals surface area contributed by atoms with Crippen molar-refractivity contribution in [1.29, 1.82) is 0 Å². The molecule has 2 amide bonds. The van der Waals surface area contributed by atoms with Gasteiger partial charge in [0.1, 0.15) is 11.6 Å². The fourth-order valence-electron chi connectivity index (χ4n) is 3.41. The fourth-order valence-corrected chi connectivity index (χ4v) is 5.13. The van der Waals surface area contributed by atoms with Crippen molar-refractivity contribution < 1.29 is 18.0 Å². The predicted octanol–water partition coefficient (Wildman–Crippen LogP) is 0.469. The zero-order valence-corrected chi connectivity index (χ0v) is 13.7. The van der Waals surface area contributed by atoms with E-state index in [0.717, 1.165) is 0 Å². The maximum atomic E-state index is 12.9. The summed E-state index contributed by atoms with van der Waals surface area (Å²) >= 11 is 0. The Morgan fingerprint density at radius 3 is 2.29 bits per heavy atom. The molecule has 2 atom stereocenters. The molecule has 1 N–H and O–H groups in total. The number of piperazine rings is 1. The molecule has 2 heterocycles. The van der Waals surface area contributed by atoms with Gasteiger partial charge in [-0.3, -0.25) is 9.59 Å². The van der Waals surface area contributed by atoms with Gasteiger partial charge in [0.05, 0.1) is 11.5 Å². The maximum Gasteiger partial charge on any atom is 0.249 e. The highest BCUT2D eigenvalue weighted by atomic mass is 32.2. The number of sulfone groups is 1. The molecule has 0 aromatic heterocycles. The number of nitrogens with zero attached hydrogens (tertiary/aromatic N) is 1. The normalized spacial score (nSPS) is 31.3. The van der Waals surface area contributed by atoms with Crippen molar-refractivity contribution in [2.24, 2.45) is 0 Å². The highest BCUT2D eigenvalue weighted by Gasteiger charge is 2.51. The van der Waals surface area contributed by atoms with E-state index < -0.39 is 21.4 Å². The van der Waals surface area contributed by atoms with Crippen molar-refractivity contribution in [3.05, 3.63) is 0 Å². The van der Waals surface area contributed by atoms with Gasteiger partial charge in [-0.1, -0.05) is 20.8 Å². The molecule has 6 nitrogen and oxygen atoms in total. The summed E-state index contributed by atoms with van der Waals surface area (Å²) in [5, 5.41) is 2.87. The van der Waals surface area contributed by atoms with Gasteiger partial charge in [-0.25, -0.2) is 8.42 Å². The minimum Gasteiger partial charge on any atom is -0.340 e. The summed E-state index contributed by atoms with van der Waals surface area (Å²) < 4.78 is 23.5. The second-order valence-electron chi connectivity index (χ2n) is 5.97. The third-order valence-corrected chi connectivity index (χ3v) is 6.59. The SMILES string of the molecule is CCC1C(=O)NC(CC)(CC)C(=O)N1C1CCS(=O)(=O)C1. The van der Waals surface area contributed by atoms with E-state index in [2.05, 4.69) is 5.32 Å². The second-order valence-corrected chi connectivity index (χ2v) is 8.20. The first-order valence-corrected chi connectivity index (χ1v) is 9.47. The Bertz CT molecular complexity index is 539. The fraction of sp³-hybridized carbons (Fsp3) is 0.857. The molecule has 0 aromatic carbocycles. The highest BCUT2D eigenvalue weighted by molar-refractivity contribution is 7.91. The van der Waals surface area contributed by atoms with Gasteiger partial charge in [0.2, 0.25) is 11.8 Å². The smallest absolute Gasteiger partial charge is 0.249 e. The standard InChI is InChI=1S/C14H24N2O4S/c1-4-11-12(17)15-14(5-2,6-3)13(18)16(11)10-7-8-21(19,20)9-10/h10-11H,4-9H2,1-3H3,(H,15,17). The quantitative estimate of drug-likeness (QED) is 0.817. The molecule has 2 saturated heterocycles. The highest BCUT2D eigenvalue weighted by Crippen LogP contribution is 2.31. The van der Waals surface area contributed by atoms with E-state index in [0.29, 0.717) is 25.7 Å². The third kappa shape index (κ3) is 2.67. The van der Waals surface area contributed by atoms with Crippen LogP contribution in [-0.4, -0.2) is 54.3 Å². The molecule has 2 aliphatic heterocycles. The zero-order valence-electron chi connectivity index (χ0n) is 12.9. The van der Waals surface area contributed by atoms with Crippen molar-refractivity contribution in [2.75, 3.05) is 11.5 Å².